The highest BCUT2D eigenvalue weighted by Gasteiger charge is 2.13. The zero-order chi connectivity index (χ0) is 12.7. The van der Waals surface area contributed by atoms with Crippen LogP contribution >= 0.6 is 15.9 Å². The van der Waals surface area contributed by atoms with Gasteiger partial charge in [-0.3, -0.25) is 9.13 Å². The second kappa shape index (κ2) is 4.31. The lowest BCUT2D eigenvalue weighted by Crippen LogP contribution is -2.19. The lowest BCUT2D eigenvalue weighted by Gasteiger charge is -2.13. The summed E-state index contributed by atoms with van der Waals surface area (Å²) in [5.74, 6) is 0. The number of aryl methyl sites for hydroxylation is 2. The quantitative estimate of drug-likeness (QED) is 0.920. The molecule has 0 aliphatic rings. The molecule has 2 aromatic rings. The third kappa shape index (κ3) is 1.83. The molecule has 5 heteroatoms. The van der Waals surface area contributed by atoms with Gasteiger partial charge in [-0.15, -0.1) is 0 Å². The molecule has 1 heterocycles. The smallest absolute Gasteiger partial charge is 0.313 e. The fourth-order valence-corrected chi connectivity index (χ4v) is 2.70. The van der Waals surface area contributed by atoms with E-state index in [9.17, 15) is 4.79 Å². The van der Waals surface area contributed by atoms with E-state index < -0.39 is 0 Å². The number of rotatable bonds is 2. The highest BCUT2D eigenvalue weighted by molar-refractivity contribution is 9.10. The van der Waals surface area contributed by atoms with Gasteiger partial charge in [-0.05, 0) is 31.7 Å². The average molecular weight is 298 g/mol. The number of fused-ring (bicyclic) bond motifs is 1. The monoisotopic (exact) mass is 297 g/mol. The molecule has 0 amide bonds. The Balaban J connectivity index is 2.81. The maximum absolute atomic E-state index is 11.8. The lowest BCUT2D eigenvalue weighted by atomic mass is 10.1. The largest absolute Gasteiger partial charge is 0.328 e. The second-order valence-electron chi connectivity index (χ2n) is 4.27. The molecule has 0 aliphatic heterocycles. The van der Waals surface area contributed by atoms with Crippen molar-refractivity contribution in [1.82, 2.24) is 14.5 Å². The Bertz CT molecular complexity index is 627. The van der Waals surface area contributed by atoms with Gasteiger partial charge in [0.25, 0.3) is 0 Å². The normalized spacial score (nSPS) is 13.2. The van der Waals surface area contributed by atoms with Crippen LogP contribution in [0, 0.1) is 0 Å². The summed E-state index contributed by atoms with van der Waals surface area (Å²) in [4.78, 5) is 11.8. The summed E-state index contributed by atoms with van der Waals surface area (Å²) in [6.07, 6.45) is 0. The molecule has 1 unspecified atom stereocenters. The van der Waals surface area contributed by atoms with Gasteiger partial charge < -0.3 is 5.32 Å². The Morgan fingerprint density at radius 2 is 1.76 bits per heavy atom. The molecule has 0 radical (unpaired) electrons. The van der Waals surface area contributed by atoms with Crippen LogP contribution in [0.3, 0.4) is 0 Å². The molecule has 0 aliphatic carbocycles. The molecule has 17 heavy (non-hydrogen) atoms. The molecule has 0 fully saturated rings. The van der Waals surface area contributed by atoms with E-state index in [4.69, 9.17) is 0 Å². The second-order valence-corrected chi connectivity index (χ2v) is 5.13. The van der Waals surface area contributed by atoms with Crippen molar-refractivity contribution < 1.29 is 0 Å². The van der Waals surface area contributed by atoms with Crippen LogP contribution in [0.1, 0.15) is 18.5 Å². The molecule has 1 atom stereocenters. The first-order valence-corrected chi connectivity index (χ1v) is 6.28. The standard InChI is InChI=1S/C12H16BrN3O/c1-7(14-2)8-5-10-11(6-9(8)13)16(4)12(17)15(10)3/h5-7,14H,1-4H3. The number of benzene rings is 1. The van der Waals surface area contributed by atoms with Gasteiger partial charge in [0.1, 0.15) is 0 Å². The number of nitrogens with one attached hydrogen (secondary N) is 1. The van der Waals surface area contributed by atoms with Gasteiger partial charge in [0.05, 0.1) is 11.0 Å². The minimum atomic E-state index is 0.00107. The predicted molar refractivity (Wildman–Crippen MR) is 73.3 cm³/mol. The van der Waals surface area contributed by atoms with E-state index in [1.54, 1.807) is 23.2 Å². The van der Waals surface area contributed by atoms with Crippen molar-refractivity contribution in [3.8, 4) is 0 Å². The van der Waals surface area contributed by atoms with E-state index in [2.05, 4.69) is 34.2 Å². The summed E-state index contributed by atoms with van der Waals surface area (Å²) in [7, 11) is 5.51. The fourth-order valence-electron chi connectivity index (χ4n) is 2.02. The van der Waals surface area contributed by atoms with Gasteiger partial charge in [0.2, 0.25) is 0 Å². The van der Waals surface area contributed by atoms with Crippen molar-refractivity contribution in [1.29, 1.82) is 0 Å². The molecule has 0 saturated carbocycles. The van der Waals surface area contributed by atoms with Gasteiger partial charge in [-0.1, -0.05) is 15.9 Å². The van der Waals surface area contributed by atoms with Gasteiger partial charge in [-0.25, -0.2) is 4.79 Å². The van der Waals surface area contributed by atoms with Crippen LogP contribution < -0.4 is 11.0 Å². The predicted octanol–water partition coefficient (Wildman–Crippen LogP) is 1.92. The van der Waals surface area contributed by atoms with Crippen molar-refractivity contribution in [2.75, 3.05) is 7.05 Å². The first kappa shape index (κ1) is 12.4. The molecule has 1 aromatic carbocycles. The van der Waals surface area contributed by atoms with Crippen LogP contribution in [0.25, 0.3) is 11.0 Å². The number of hydrogen-bond donors (Lipinski definition) is 1. The Morgan fingerprint density at radius 1 is 1.24 bits per heavy atom. The Morgan fingerprint density at radius 3 is 2.29 bits per heavy atom. The van der Waals surface area contributed by atoms with Gasteiger partial charge in [0, 0.05) is 24.6 Å². The van der Waals surface area contributed by atoms with Crippen LogP contribution in [0.5, 0.6) is 0 Å². The van der Waals surface area contributed by atoms with E-state index in [1.165, 1.54) is 0 Å². The number of aromatic nitrogens is 2. The first-order valence-electron chi connectivity index (χ1n) is 5.49. The van der Waals surface area contributed by atoms with Crippen LogP contribution in [0.4, 0.5) is 0 Å². The van der Waals surface area contributed by atoms with Crippen LogP contribution in [-0.4, -0.2) is 16.2 Å². The number of hydrogen-bond acceptors (Lipinski definition) is 2. The molecule has 0 saturated heterocycles. The third-order valence-corrected chi connectivity index (χ3v) is 3.98. The average Bonchev–Trinajstić information content (AvgIpc) is 2.53. The summed E-state index contributed by atoms with van der Waals surface area (Å²) >= 11 is 3.56. The van der Waals surface area contributed by atoms with Crippen LogP contribution in [0.15, 0.2) is 21.4 Å². The van der Waals surface area contributed by atoms with Crippen LogP contribution in [-0.2, 0) is 14.1 Å². The maximum atomic E-state index is 11.8. The van der Waals surface area contributed by atoms with E-state index >= 15 is 0 Å². The number of halogens is 1. The molecular weight excluding hydrogens is 282 g/mol. The molecular formula is C12H16BrN3O. The highest BCUT2D eigenvalue weighted by atomic mass is 79.9. The summed E-state index contributed by atoms with van der Waals surface area (Å²) in [5.41, 5.74) is 3.05. The summed E-state index contributed by atoms with van der Waals surface area (Å²) in [6, 6.07) is 4.30. The molecule has 0 bridgehead atoms. The zero-order valence-electron chi connectivity index (χ0n) is 10.4. The SMILES string of the molecule is CNC(C)c1cc2c(cc1Br)n(C)c(=O)n2C. The summed E-state index contributed by atoms with van der Waals surface area (Å²) < 4.78 is 4.36. The zero-order valence-corrected chi connectivity index (χ0v) is 12.0. The summed E-state index contributed by atoms with van der Waals surface area (Å²) in [6.45, 7) is 2.09. The maximum Gasteiger partial charge on any atom is 0.328 e. The minimum absolute atomic E-state index is 0.00107. The number of nitrogens with zero attached hydrogens (tertiary/aromatic N) is 2. The van der Waals surface area contributed by atoms with Crippen molar-refractivity contribution in [2.45, 2.75) is 13.0 Å². The highest BCUT2D eigenvalue weighted by Crippen LogP contribution is 2.27. The Labute approximate surface area is 108 Å². The van der Waals surface area contributed by atoms with E-state index in [0.29, 0.717) is 0 Å². The summed E-state index contributed by atoms with van der Waals surface area (Å²) in [5, 5.41) is 3.20. The molecule has 2 rings (SSSR count). The minimum Gasteiger partial charge on any atom is -0.313 e. The Kier molecular flexibility index (Phi) is 3.14. The van der Waals surface area contributed by atoms with E-state index in [0.717, 1.165) is 21.1 Å². The van der Waals surface area contributed by atoms with Crippen LogP contribution in [0.2, 0.25) is 0 Å². The van der Waals surface area contributed by atoms with E-state index in [-0.39, 0.29) is 11.7 Å². The molecule has 4 nitrogen and oxygen atoms in total. The fraction of sp³-hybridized carbons (Fsp3) is 0.417. The van der Waals surface area contributed by atoms with Crippen molar-refractivity contribution >= 4 is 27.0 Å². The van der Waals surface area contributed by atoms with Crippen molar-refractivity contribution in [3.05, 3.63) is 32.7 Å². The van der Waals surface area contributed by atoms with Gasteiger partial charge in [-0.2, -0.15) is 0 Å². The number of imidazole rings is 1. The Hall–Kier alpha value is -1.07. The van der Waals surface area contributed by atoms with Crippen molar-refractivity contribution in [2.24, 2.45) is 14.1 Å². The van der Waals surface area contributed by atoms with Crippen molar-refractivity contribution in [3.63, 3.8) is 0 Å². The van der Waals surface area contributed by atoms with E-state index in [1.807, 2.05) is 13.1 Å². The molecule has 0 spiro atoms. The molecule has 1 aromatic heterocycles. The van der Waals surface area contributed by atoms with Gasteiger partial charge in [0.15, 0.2) is 0 Å². The molecule has 92 valence electrons. The third-order valence-electron chi connectivity index (χ3n) is 3.29. The van der Waals surface area contributed by atoms with Gasteiger partial charge >= 0.3 is 5.69 Å². The first-order chi connectivity index (χ1) is 7.97. The topological polar surface area (TPSA) is 39.0 Å². The molecule has 1 N–H and O–H groups in total. The lowest BCUT2D eigenvalue weighted by molar-refractivity contribution is 0.650.